The van der Waals surface area contributed by atoms with E-state index in [9.17, 15) is 0 Å². The van der Waals surface area contributed by atoms with Gasteiger partial charge in [0.05, 0.1) is 6.10 Å². The molecule has 25 heavy (non-hydrogen) atoms. The van der Waals surface area contributed by atoms with E-state index < -0.39 is 0 Å². The molecule has 0 N–H and O–H groups in total. The SMILES string of the molecule is CCCCCCCCCCCCCCCCCCSCC(CS)OC. The summed E-state index contributed by atoms with van der Waals surface area (Å²) in [5, 5.41) is 0. The molecule has 0 radical (unpaired) electrons. The molecule has 0 amide bonds. The Labute approximate surface area is 169 Å². The lowest BCUT2D eigenvalue weighted by atomic mass is 10.0. The number of hydrogen-bond donors (Lipinski definition) is 1. The zero-order valence-electron chi connectivity index (χ0n) is 17.3. The second-order valence-corrected chi connectivity index (χ2v) is 8.93. The maximum Gasteiger partial charge on any atom is 0.0749 e. The van der Waals surface area contributed by atoms with Crippen molar-refractivity contribution in [3.05, 3.63) is 0 Å². The lowest BCUT2D eigenvalue weighted by molar-refractivity contribution is 0.142. The van der Waals surface area contributed by atoms with Crippen molar-refractivity contribution < 1.29 is 4.74 Å². The fraction of sp³-hybridized carbons (Fsp3) is 1.00. The van der Waals surface area contributed by atoms with Crippen LogP contribution in [0.1, 0.15) is 110 Å². The molecular weight excluding hydrogens is 344 g/mol. The van der Waals surface area contributed by atoms with Gasteiger partial charge in [-0.25, -0.2) is 0 Å². The van der Waals surface area contributed by atoms with Gasteiger partial charge in [0.15, 0.2) is 0 Å². The minimum Gasteiger partial charge on any atom is -0.380 e. The van der Waals surface area contributed by atoms with E-state index in [-0.39, 0.29) is 0 Å². The summed E-state index contributed by atoms with van der Waals surface area (Å²) in [6, 6.07) is 0. The van der Waals surface area contributed by atoms with Crippen LogP contribution >= 0.6 is 24.4 Å². The quantitative estimate of drug-likeness (QED) is 0.157. The van der Waals surface area contributed by atoms with E-state index in [1.165, 1.54) is 108 Å². The van der Waals surface area contributed by atoms with Crippen LogP contribution in [0.5, 0.6) is 0 Å². The molecule has 0 aromatic rings. The van der Waals surface area contributed by atoms with Gasteiger partial charge in [0, 0.05) is 18.6 Å². The first-order valence-corrected chi connectivity index (χ1v) is 12.8. The molecule has 1 nitrogen and oxygen atoms in total. The monoisotopic (exact) mass is 390 g/mol. The Hall–Kier alpha value is 0.660. The van der Waals surface area contributed by atoms with E-state index >= 15 is 0 Å². The Morgan fingerprint density at radius 1 is 0.680 bits per heavy atom. The Morgan fingerprint density at radius 3 is 1.44 bits per heavy atom. The summed E-state index contributed by atoms with van der Waals surface area (Å²) in [6.07, 6.45) is 23.4. The molecule has 0 heterocycles. The van der Waals surface area contributed by atoms with E-state index in [2.05, 4.69) is 19.6 Å². The average molecular weight is 391 g/mol. The molecule has 0 saturated heterocycles. The minimum absolute atomic E-state index is 0.328. The second kappa shape index (κ2) is 22.7. The molecule has 3 heteroatoms. The van der Waals surface area contributed by atoms with Crippen LogP contribution in [0.15, 0.2) is 0 Å². The fourth-order valence-corrected chi connectivity index (χ4v) is 4.71. The van der Waals surface area contributed by atoms with Gasteiger partial charge >= 0.3 is 0 Å². The molecule has 0 aliphatic rings. The number of rotatable bonds is 21. The summed E-state index contributed by atoms with van der Waals surface area (Å²) in [5.41, 5.74) is 0. The molecule has 1 atom stereocenters. The lowest BCUT2D eigenvalue weighted by Crippen LogP contribution is -2.15. The largest absolute Gasteiger partial charge is 0.380 e. The first-order chi connectivity index (χ1) is 12.3. The molecule has 0 fully saturated rings. The second-order valence-electron chi connectivity index (χ2n) is 7.42. The van der Waals surface area contributed by atoms with Crippen molar-refractivity contribution in [3.8, 4) is 0 Å². The van der Waals surface area contributed by atoms with Crippen molar-refractivity contribution in [2.24, 2.45) is 0 Å². The van der Waals surface area contributed by atoms with Crippen LogP contribution in [0.25, 0.3) is 0 Å². The van der Waals surface area contributed by atoms with Gasteiger partial charge in [-0.15, -0.1) is 0 Å². The van der Waals surface area contributed by atoms with Crippen LogP contribution in [0.2, 0.25) is 0 Å². The van der Waals surface area contributed by atoms with Gasteiger partial charge in [-0.1, -0.05) is 103 Å². The van der Waals surface area contributed by atoms with Crippen molar-refractivity contribution in [3.63, 3.8) is 0 Å². The number of thiol groups is 1. The van der Waals surface area contributed by atoms with E-state index in [0.29, 0.717) is 6.10 Å². The first kappa shape index (κ1) is 25.7. The topological polar surface area (TPSA) is 9.23 Å². The molecule has 0 saturated carbocycles. The summed E-state index contributed by atoms with van der Waals surface area (Å²) in [6.45, 7) is 2.29. The number of ether oxygens (including phenoxy) is 1. The average Bonchev–Trinajstić information content (AvgIpc) is 2.64. The first-order valence-electron chi connectivity index (χ1n) is 11.1. The lowest BCUT2D eigenvalue weighted by Gasteiger charge is -2.11. The number of thioether (sulfide) groups is 1. The van der Waals surface area contributed by atoms with E-state index in [4.69, 9.17) is 4.74 Å². The Morgan fingerprint density at radius 2 is 1.08 bits per heavy atom. The van der Waals surface area contributed by atoms with E-state index in [1.54, 1.807) is 7.11 Å². The summed E-state index contributed by atoms with van der Waals surface area (Å²) >= 11 is 6.32. The highest BCUT2D eigenvalue weighted by molar-refractivity contribution is 7.99. The molecule has 0 bridgehead atoms. The highest BCUT2D eigenvalue weighted by Crippen LogP contribution is 2.15. The predicted molar refractivity (Wildman–Crippen MR) is 122 cm³/mol. The maximum absolute atomic E-state index is 5.34. The van der Waals surface area contributed by atoms with Crippen LogP contribution < -0.4 is 0 Å². The normalized spacial score (nSPS) is 12.6. The molecule has 0 aliphatic carbocycles. The molecule has 1 unspecified atom stereocenters. The van der Waals surface area contributed by atoms with Crippen molar-refractivity contribution >= 4 is 24.4 Å². The van der Waals surface area contributed by atoms with Gasteiger partial charge < -0.3 is 4.74 Å². The summed E-state index contributed by atoms with van der Waals surface area (Å²) in [5.74, 6) is 3.22. The molecule has 0 spiro atoms. The van der Waals surface area contributed by atoms with Gasteiger partial charge in [-0.3, -0.25) is 0 Å². The van der Waals surface area contributed by atoms with Gasteiger partial charge in [0.2, 0.25) is 0 Å². The summed E-state index contributed by atoms with van der Waals surface area (Å²) in [7, 11) is 1.79. The number of unbranched alkanes of at least 4 members (excludes halogenated alkanes) is 15. The highest BCUT2D eigenvalue weighted by atomic mass is 32.2. The van der Waals surface area contributed by atoms with E-state index in [1.807, 2.05) is 11.8 Å². The van der Waals surface area contributed by atoms with Crippen LogP contribution in [0.4, 0.5) is 0 Å². The third kappa shape index (κ3) is 20.8. The minimum atomic E-state index is 0.328. The Balaban J connectivity index is 3.03. The third-order valence-corrected chi connectivity index (χ3v) is 6.58. The standard InChI is InChI=1S/C22H46OS2/c1-3-4-5-6-7-8-9-10-11-12-13-14-15-16-17-18-19-25-21-22(20-24)23-2/h22,24H,3-21H2,1-2H3. The van der Waals surface area contributed by atoms with Crippen LogP contribution in [-0.4, -0.2) is 30.5 Å². The van der Waals surface area contributed by atoms with Crippen molar-refractivity contribution in [2.45, 2.75) is 116 Å². The Bertz CT molecular complexity index is 232. The van der Waals surface area contributed by atoms with Crippen LogP contribution in [-0.2, 0) is 4.74 Å². The van der Waals surface area contributed by atoms with Crippen LogP contribution in [0.3, 0.4) is 0 Å². The molecule has 0 aromatic carbocycles. The smallest absolute Gasteiger partial charge is 0.0749 e. The van der Waals surface area contributed by atoms with Gasteiger partial charge in [0.1, 0.15) is 0 Å². The Kier molecular flexibility index (Phi) is 23.3. The molecular formula is C22H46OS2. The zero-order valence-corrected chi connectivity index (χ0v) is 19.0. The van der Waals surface area contributed by atoms with Gasteiger partial charge in [0.25, 0.3) is 0 Å². The van der Waals surface area contributed by atoms with Crippen molar-refractivity contribution in [2.75, 3.05) is 24.4 Å². The third-order valence-electron chi connectivity index (χ3n) is 4.98. The molecule has 0 aliphatic heterocycles. The number of methoxy groups -OCH3 is 1. The maximum atomic E-state index is 5.34. The van der Waals surface area contributed by atoms with Gasteiger partial charge in [-0.2, -0.15) is 24.4 Å². The summed E-state index contributed by atoms with van der Waals surface area (Å²) in [4.78, 5) is 0. The summed E-state index contributed by atoms with van der Waals surface area (Å²) < 4.78 is 5.34. The molecule has 152 valence electrons. The van der Waals surface area contributed by atoms with Crippen molar-refractivity contribution in [1.29, 1.82) is 0 Å². The molecule has 0 aromatic heterocycles. The fourth-order valence-electron chi connectivity index (χ4n) is 3.16. The molecule has 0 rings (SSSR count). The van der Waals surface area contributed by atoms with E-state index in [0.717, 1.165) is 11.5 Å². The predicted octanol–water partition coefficient (Wildman–Crippen LogP) is 7.93. The number of hydrogen-bond acceptors (Lipinski definition) is 3. The van der Waals surface area contributed by atoms with Gasteiger partial charge in [-0.05, 0) is 12.2 Å². The van der Waals surface area contributed by atoms with Crippen molar-refractivity contribution in [1.82, 2.24) is 0 Å². The van der Waals surface area contributed by atoms with Crippen LogP contribution in [0, 0.1) is 0 Å². The highest BCUT2D eigenvalue weighted by Gasteiger charge is 2.03. The zero-order chi connectivity index (χ0) is 18.4.